The van der Waals surface area contributed by atoms with Crippen LogP contribution >= 0.6 is 15.6 Å². The molecule has 0 saturated carbocycles. The first kappa shape index (κ1) is 100. The van der Waals surface area contributed by atoms with E-state index >= 15 is 0 Å². The average Bonchev–Trinajstić information content (AvgIpc) is 0.931. The van der Waals surface area contributed by atoms with Gasteiger partial charge in [-0.3, -0.25) is 37.3 Å². The molecule has 0 rings (SSSR count). The number of carbonyl (C=O) groups is 4. The second kappa shape index (κ2) is 73.2. The second-order valence-electron chi connectivity index (χ2n) is 31.1. The molecular formula is C83H162O17P2. The van der Waals surface area contributed by atoms with Gasteiger partial charge in [0.15, 0.2) is 12.2 Å². The number of ether oxygens (including phenoxy) is 4. The van der Waals surface area contributed by atoms with E-state index < -0.39 is 97.5 Å². The van der Waals surface area contributed by atoms with Crippen molar-refractivity contribution in [2.45, 2.75) is 452 Å². The van der Waals surface area contributed by atoms with E-state index in [9.17, 15) is 43.2 Å². The van der Waals surface area contributed by atoms with Crippen LogP contribution in [0.3, 0.4) is 0 Å². The Morgan fingerprint density at radius 1 is 0.284 bits per heavy atom. The van der Waals surface area contributed by atoms with E-state index in [4.69, 9.17) is 37.0 Å². The third kappa shape index (κ3) is 74.9. The zero-order chi connectivity index (χ0) is 75.1. The summed E-state index contributed by atoms with van der Waals surface area (Å²) >= 11 is 0. The molecule has 0 radical (unpaired) electrons. The SMILES string of the molecule is CCCCCCCCCCC(=O)OC[C@H](COP(=O)(O)OC[C@H](O)COP(=O)(O)OC[C@@H](COC(=O)CCCCCCCCCCCCCCCCC(C)C)OC(=O)CCCCCCCCCCCCCCCCCCCCC(C)CC)OC(=O)CCCCCCCCCCCCCCC(C)C. The van der Waals surface area contributed by atoms with Crippen molar-refractivity contribution in [3.63, 3.8) is 0 Å². The fraction of sp³-hybridized carbons (Fsp3) is 0.952. The van der Waals surface area contributed by atoms with E-state index in [0.717, 1.165) is 114 Å². The number of phosphoric ester groups is 2. The Hall–Kier alpha value is -1.94. The fourth-order valence-electron chi connectivity index (χ4n) is 12.8. The minimum atomic E-state index is -4.96. The van der Waals surface area contributed by atoms with E-state index in [2.05, 4.69) is 48.5 Å². The molecular weight excluding hydrogens is 1330 g/mol. The normalized spacial score (nSPS) is 14.2. The molecule has 0 bridgehead atoms. The third-order valence-corrected chi connectivity index (χ3v) is 21.6. The number of phosphoric acid groups is 2. The van der Waals surface area contributed by atoms with Crippen LogP contribution in [0.15, 0.2) is 0 Å². The topological polar surface area (TPSA) is 237 Å². The van der Waals surface area contributed by atoms with E-state index in [1.165, 1.54) is 238 Å². The molecule has 3 N–H and O–H groups in total. The lowest BCUT2D eigenvalue weighted by molar-refractivity contribution is -0.161. The Labute approximate surface area is 626 Å². The van der Waals surface area contributed by atoms with Crippen LogP contribution in [0.2, 0.25) is 0 Å². The zero-order valence-corrected chi connectivity index (χ0v) is 68.9. The van der Waals surface area contributed by atoms with E-state index in [1.54, 1.807) is 0 Å². The summed E-state index contributed by atoms with van der Waals surface area (Å²) < 4.78 is 68.7. The highest BCUT2D eigenvalue weighted by molar-refractivity contribution is 7.47. The Bertz CT molecular complexity index is 1980. The van der Waals surface area contributed by atoms with Crippen LogP contribution in [0.5, 0.6) is 0 Å². The lowest BCUT2D eigenvalue weighted by Crippen LogP contribution is -2.30. The van der Waals surface area contributed by atoms with Gasteiger partial charge in [-0.15, -0.1) is 0 Å². The minimum Gasteiger partial charge on any atom is -0.462 e. The van der Waals surface area contributed by atoms with Gasteiger partial charge in [-0.25, -0.2) is 9.13 Å². The standard InChI is InChI=1S/C83H162O17P2/c1-8-10-11-12-13-43-50-57-64-80(85)93-70-78(99-83(88)67-60-53-46-39-33-27-26-29-35-41-48-55-62-75(5)6)72-97-101(89,90)95-68-77(84)69-96-102(91,92)98-73-79(71-94-81(86)65-58-51-44-37-31-24-21-20-22-28-34-40-47-54-61-74(3)4)100-82(87)66-59-52-45-38-32-25-19-17-15-14-16-18-23-30-36-42-49-56-63-76(7)9-2/h74-79,84H,8-73H2,1-7H3,(H,89,90)(H,91,92)/t76?,77-,78+,79+/m0/s1. The Morgan fingerprint density at radius 3 is 0.745 bits per heavy atom. The molecule has 19 heteroatoms. The summed E-state index contributed by atoms with van der Waals surface area (Å²) in [6.45, 7) is 12.0. The van der Waals surface area contributed by atoms with Crippen LogP contribution in [0.4, 0.5) is 0 Å². The molecule has 3 unspecified atom stereocenters. The van der Waals surface area contributed by atoms with Crippen molar-refractivity contribution in [3.05, 3.63) is 0 Å². The predicted octanol–water partition coefficient (Wildman–Crippen LogP) is 24.9. The molecule has 0 aliphatic carbocycles. The number of aliphatic hydroxyl groups is 1. The van der Waals surface area contributed by atoms with Crippen LogP contribution in [-0.2, 0) is 65.4 Å². The number of hydrogen-bond acceptors (Lipinski definition) is 15. The molecule has 102 heavy (non-hydrogen) atoms. The molecule has 0 aromatic rings. The number of unbranched alkanes of at least 4 members (excludes halogenated alkanes) is 48. The molecule has 0 fully saturated rings. The zero-order valence-electron chi connectivity index (χ0n) is 67.1. The van der Waals surface area contributed by atoms with Crippen molar-refractivity contribution >= 4 is 39.5 Å². The van der Waals surface area contributed by atoms with Crippen LogP contribution in [0.25, 0.3) is 0 Å². The van der Waals surface area contributed by atoms with Gasteiger partial charge in [0.2, 0.25) is 0 Å². The molecule has 0 saturated heterocycles. The summed E-state index contributed by atoms with van der Waals surface area (Å²) in [5, 5.41) is 10.6. The lowest BCUT2D eigenvalue weighted by Gasteiger charge is -2.21. The first-order valence-corrected chi connectivity index (χ1v) is 45.9. The number of aliphatic hydroxyl groups excluding tert-OH is 1. The monoisotopic (exact) mass is 1490 g/mol. The predicted molar refractivity (Wildman–Crippen MR) is 418 cm³/mol. The second-order valence-corrected chi connectivity index (χ2v) is 34.0. The Morgan fingerprint density at radius 2 is 0.500 bits per heavy atom. The van der Waals surface area contributed by atoms with Gasteiger partial charge >= 0.3 is 39.5 Å². The smallest absolute Gasteiger partial charge is 0.462 e. The van der Waals surface area contributed by atoms with Crippen LogP contribution < -0.4 is 0 Å². The van der Waals surface area contributed by atoms with Gasteiger partial charge in [0.05, 0.1) is 26.4 Å². The maximum absolute atomic E-state index is 13.1. The fourth-order valence-corrected chi connectivity index (χ4v) is 14.4. The van der Waals surface area contributed by atoms with Crippen LogP contribution in [0, 0.1) is 17.8 Å². The van der Waals surface area contributed by atoms with Crippen molar-refractivity contribution in [2.75, 3.05) is 39.6 Å². The summed E-state index contributed by atoms with van der Waals surface area (Å²) in [5.74, 6) is 0.336. The molecule has 17 nitrogen and oxygen atoms in total. The Balaban J connectivity index is 5.19. The van der Waals surface area contributed by atoms with Gasteiger partial charge in [0.1, 0.15) is 19.3 Å². The van der Waals surface area contributed by atoms with Gasteiger partial charge in [-0.2, -0.15) is 0 Å². The molecule has 6 atom stereocenters. The first-order chi connectivity index (χ1) is 49.3. The van der Waals surface area contributed by atoms with Crippen molar-refractivity contribution in [1.29, 1.82) is 0 Å². The van der Waals surface area contributed by atoms with Crippen molar-refractivity contribution < 1.29 is 80.2 Å². The van der Waals surface area contributed by atoms with Gasteiger partial charge in [0.25, 0.3) is 0 Å². The first-order valence-electron chi connectivity index (χ1n) is 42.9. The minimum absolute atomic E-state index is 0.107. The van der Waals surface area contributed by atoms with E-state index in [1.807, 2.05) is 0 Å². The highest BCUT2D eigenvalue weighted by atomic mass is 31.2. The van der Waals surface area contributed by atoms with E-state index in [0.29, 0.717) is 25.7 Å². The van der Waals surface area contributed by atoms with Gasteiger partial charge < -0.3 is 33.8 Å². The third-order valence-electron chi connectivity index (χ3n) is 19.7. The maximum Gasteiger partial charge on any atom is 0.472 e. The number of rotatable bonds is 81. The highest BCUT2D eigenvalue weighted by Crippen LogP contribution is 2.45. The molecule has 0 aromatic carbocycles. The molecule has 0 aliphatic heterocycles. The molecule has 606 valence electrons. The summed E-state index contributed by atoms with van der Waals surface area (Å²) in [7, 11) is -9.92. The molecule has 0 heterocycles. The van der Waals surface area contributed by atoms with Crippen LogP contribution in [-0.4, -0.2) is 96.7 Å². The van der Waals surface area contributed by atoms with Crippen LogP contribution in [0.1, 0.15) is 434 Å². The number of hydrogen-bond donors (Lipinski definition) is 3. The van der Waals surface area contributed by atoms with Crippen molar-refractivity contribution in [2.24, 2.45) is 17.8 Å². The number of esters is 4. The van der Waals surface area contributed by atoms with Gasteiger partial charge in [-0.1, -0.05) is 382 Å². The highest BCUT2D eigenvalue weighted by Gasteiger charge is 2.30. The molecule has 0 spiro atoms. The maximum atomic E-state index is 13.1. The quantitative estimate of drug-likeness (QED) is 0.0222. The molecule has 0 aromatic heterocycles. The molecule has 0 aliphatic rings. The summed E-state index contributed by atoms with van der Waals surface area (Å²) in [5.41, 5.74) is 0. The van der Waals surface area contributed by atoms with Crippen molar-refractivity contribution in [3.8, 4) is 0 Å². The van der Waals surface area contributed by atoms with Crippen molar-refractivity contribution in [1.82, 2.24) is 0 Å². The Kier molecular flexibility index (Phi) is 71.8. The number of carbonyl (C=O) groups excluding carboxylic acids is 4. The average molecular weight is 1490 g/mol. The lowest BCUT2D eigenvalue weighted by atomic mass is 9.99. The van der Waals surface area contributed by atoms with Gasteiger partial charge in [0, 0.05) is 25.7 Å². The molecule has 0 amide bonds. The van der Waals surface area contributed by atoms with Gasteiger partial charge in [-0.05, 0) is 43.4 Å². The largest absolute Gasteiger partial charge is 0.472 e. The van der Waals surface area contributed by atoms with E-state index in [-0.39, 0.29) is 25.7 Å². The summed E-state index contributed by atoms with van der Waals surface area (Å²) in [6.07, 6.45) is 62.5. The summed E-state index contributed by atoms with van der Waals surface area (Å²) in [4.78, 5) is 73.0. The summed E-state index contributed by atoms with van der Waals surface area (Å²) in [6, 6.07) is 0.